The molecular formula is C22H15ClN4O. The molecule has 3 aromatic carbocycles. The Morgan fingerprint density at radius 1 is 1.00 bits per heavy atom. The van der Waals surface area contributed by atoms with E-state index >= 15 is 0 Å². The fourth-order valence-corrected chi connectivity index (χ4v) is 3.61. The zero-order valence-electron chi connectivity index (χ0n) is 15.0. The summed E-state index contributed by atoms with van der Waals surface area (Å²) in [6, 6.07) is 21.4. The largest absolute Gasteiger partial charge is 0.326 e. The summed E-state index contributed by atoms with van der Waals surface area (Å²) in [4.78, 5) is 16.2. The van der Waals surface area contributed by atoms with Crippen LogP contribution in [0.15, 0.2) is 66.7 Å². The second-order valence-electron chi connectivity index (χ2n) is 6.63. The fraction of sp³-hybridized carbons (Fsp3) is 0.0455. The minimum atomic E-state index is -0.114. The molecule has 5 nitrogen and oxygen atoms in total. The minimum absolute atomic E-state index is 0.114. The molecule has 1 N–H and O–H groups in total. The molecule has 0 radical (unpaired) electrons. The monoisotopic (exact) mass is 386 g/mol. The average Bonchev–Trinajstić information content (AvgIpc) is 3.05. The van der Waals surface area contributed by atoms with Gasteiger partial charge in [0.2, 0.25) is 5.91 Å². The number of amides is 1. The lowest BCUT2D eigenvalue weighted by Crippen LogP contribution is -2.05. The summed E-state index contributed by atoms with van der Waals surface area (Å²) in [5.41, 5.74) is 5.00. The molecule has 0 spiro atoms. The van der Waals surface area contributed by atoms with Crippen LogP contribution in [-0.4, -0.2) is 20.5 Å². The molecule has 5 rings (SSSR count). The van der Waals surface area contributed by atoms with Crippen LogP contribution in [0.5, 0.6) is 0 Å². The van der Waals surface area contributed by atoms with Crippen molar-refractivity contribution < 1.29 is 4.79 Å². The smallest absolute Gasteiger partial charge is 0.221 e. The number of fused-ring (bicyclic) bond motifs is 5. The van der Waals surface area contributed by atoms with Gasteiger partial charge in [-0.15, -0.1) is 0 Å². The maximum absolute atomic E-state index is 11.4. The highest BCUT2D eigenvalue weighted by Crippen LogP contribution is 2.32. The van der Waals surface area contributed by atoms with Crippen molar-refractivity contribution in [1.29, 1.82) is 0 Å². The molecule has 0 aliphatic rings. The molecule has 0 unspecified atom stereocenters. The normalized spacial score (nSPS) is 11.4. The number of nitrogens with zero attached hydrogens (tertiary/aromatic N) is 3. The number of imidazole rings is 1. The van der Waals surface area contributed by atoms with Gasteiger partial charge >= 0.3 is 0 Å². The second kappa shape index (κ2) is 6.32. The van der Waals surface area contributed by atoms with Gasteiger partial charge in [0.25, 0.3) is 0 Å². The van der Waals surface area contributed by atoms with Crippen molar-refractivity contribution in [3.63, 3.8) is 0 Å². The third-order valence-electron chi connectivity index (χ3n) is 4.69. The minimum Gasteiger partial charge on any atom is -0.326 e. The van der Waals surface area contributed by atoms with Gasteiger partial charge in [0.1, 0.15) is 0 Å². The number of anilines is 1. The van der Waals surface area contributed by atoms with Crippen molar-refractivity contribution in [1.82, 2.24) is 14.6 Å². The summed E-state index contributed by atoms with van der Waals surface area (Å²) in [5.74, 6) is -0.114. The molecule has 1 amide bonds. The SMILES string of the molecule is CC(=O)Nc1ccc2c(c1)nc1c3ccccc3c(-c3ccc(Cl)cc3)nn21. The van der Waals surface area contributed by atoms with E-state index in [9.17, 15) is 4.79 Å². The number of aromatic nitrogens is 3. The highest BCUT2D eigenvalue weighted by molar-refractivity contribution is 6.30. The number of nitrogens with one attached hydrogen (secondary N) is 1. The highest BCUT2D eigenvalue weighted by atomic mass is 35.5. The van der Waals surface area contributed by atoms with E-state index in [2.05, 4.69) is 5.32 Å². The molecule has 0 fully saturated rings. The van der Waals surface area contributed by atoms with Crippen LogP contribution in [0.3, 0.4) is 0 Å². The van der Waals surface area contributed by atoms with Crippen LogP contribution in [-0.2, 0) is 4.79 Å². The first-order chi connectivity index (χ1) is 13.6. The van der Waals surface area contributed by atoms with E-state index in [4.69, 9.17) is 21.7 Å². The number of hydrogen-bond acceptors (Lipinski definition) is 3. The van der Waals surface area contributed by atoms with E-state index in [-0.39, 0.29) is 5.91 Å². The van der Waals surface area contributed by atoms with E-state index < -0.39 is 0 Å². The van der Waals surface area contributed by atoms with Crippen LogP contribution in [0.2, 0.25) is 5.02 Å². The summed E-state index contributed by atoms with van der Waals surface area (Å²) in [7, 11) is 0. The Balaban J connectivity index is 1.84. The van der Waals surface area contributed by atoms with Gasteiger partial charge in [0.15, 0.2) is 5.65 Å². The Hall–Kier alpha value is -3.44. The third kappa shape index (κ3) is 2.68. The lowest BCUT2D eigenvalue weighted by Gasteiger charge is -2.08. The average molecular weight is 387 g/mol. The molecule has 0 aliphatic heterocycles. The molecule has 0 atom stereocenters. The van der Waals surface area contributed by atoms with Gasteiger partial charge < -0.3 is 5.32 Å². The Morgan fingerprint density at radius 3 is 2.50 bits per heavy atom. The number of benzene rings is 3. The van der Waals surface area contributed by atoms with Crippen molar-refractivity contribution in [2.75, 3.05) is 5.32 Å². The molecule has 0 saturated heterocycles. The number of rotatable bonds is 2. The summed E-state index contributed by atoms with van der Waals surface area (Å²) >= 11 is 6.06. The lowest BCUT2D eigenvalue weighted by molar-refractivity contribution is -0.114. The van der Waals surface area contributed by atoms with Crippen LogP contribution in [0, 0.1) is 0 Å². The van der Waals surface area contributed by atoms with E-state index in [1.54, 1.807) is 0 Å². The summed E-state index contributed by atoms with van der Waals surface area (Å²) < 4.78 is 1.86. The van der Waals surface area contributed by atoms with Crippen LogP contribution in [0.4, 0.5) is 5.69 Å². The van der Waals surface area contributed by atoms with Gasteiger partial charge in [-0.3, -0.25) is 4.79 Å². The number of halogens is 1. The molecule has 28 heavy (non-hydrogen) atoms. The van der Waals surface area contributed by atoms with Crippen molar-refractivity contribution in [3.05, 3.63) is 71.8 Å². The summed E-state index contributed by atoms with van der Waals surface area (Å²) in [6.07, 6.45) is 0. The van der Waals surface area contributed by atoms with Crippen molar-refractivity contribution in [2.24, 2.45) is 0 Å². The molecule has 0 aliphatic carbocycles. The van der Waals surface area contributed by atoms with Gasteiger partial charge in [0, 0.05) is 34.0 Å². The first-order valence-electron chi connectivity index (χ1n) is 8.85. The molecule has 5 aromatic rings. The molecule has 2 aromatic heterocycles. The Labute approximate surface area is 165 Å². The molecule has 0 saturated carbocycles. The van der Waals surface area contributed by atoms with Gasteiger partial charge in [-0.2, -0.15) is 5.10 Å². The van der Waals surface area contributed by atoms with Crippen LogP contribution < -0.4 is 5.32 Å². The van der Waals surface area contributed by atoms with Crippen LogP contribution >= 0.6 is 11.6 Å². The van der Waals surface area contributed by atoms with E-state index in [0.29, 0.717) is 10.7 Å². The maximum atomic E-state index is 11.4. The van der Waals surface area contributed by atoms with Gasteiger partial charge in [0.05, 0.1) is 16.7 Å². The Bertz CT molecular complexity index is 1370. The summed E-state index contributed by atoms with van der Waals surface area (Å²) in [6.45, 7) is 1.49. The van der Waals surface area contributed by atoms with Crippen LogP contribution in [0.1, 0.15) is 6.92 Å². The van der Waals surface area contributed by atoms with Gasteiger partial charge in [-0.1, -0.05) is 48.0 Å². The fourth-order valence-electron chi connectivity index (χ4n) is 3.48. The number of carbonyl (C=O) groups excluding carboxylic acids is 1. The summed E-state index contributed by atoms with van der Waals surface area (Å²) in [5, 5.41) is 10.4. The quantitative estimate of drug-likeness (QED) is 0.447. The Kier molecular flexibility index (Phi) is 3.77. The van der Waals surface area contributed by atoms with E-state index in [1.165, 1.54) is 6.92 Å². The van der Waals surface area contributed by atoms with Gasteiger partial charge in [-0.05, 0) is 30.3 Å². The van der Waals surface area contributed by atoms with E-state index in [0.717, 1.165) is 38.7 Å². The van der Waals surface area contributed by atoms with Crippen molar-refractivity contribution in [3.8, 4) is 11.3 Å². The van der Waals surface area contributed by atoms with Gasteiger partial charge in [-0.25, -0.2) is 9.50 Å². The lowest BCUT2D eigenvalue weighted by atomic mass is 10.1. The zero-order chi connectivity index (χ0) is 19.3. The maximum Gasteiger partial charge on any atom is 0.221 e. The standard InChI is InChI=1S/C22H15ClN4O/c1-13(28)24-16-10-11-20-19(12-16)25-22-18-5-3-2-4-17(18)21(26-27(20)22)14-6-8-15(23)9-7-14/h2-12H,1H3,(H,24,28). The Morgan fingerprint density at radius 2 is 1.75 bits per heavy atom. The highest BCUT2D eigenvalue weighted by Gasteiger charge is 2.15. The topological polar surface area (TPSA) is 59.3 Å². The first kappa shape index (κ1) is 16.7. The van der Waals surface area contributed by atoms with Crippen molar-refractivity contribution in [2.45, 2.75) is 6.92 Å². The molecule has 2 heterocycles. The predicted molar refractivity (Wildman–Crippen MR) is 113 cm³/mol. The zero-order valence-corrected chi connectivity index (χ0v) is 15.7. The molecular weight excluding hydrogens is 372 g/mol. The number of hydrogen-bond donors (Lipinski definition) is 1. The number of carbonyl (C=O) groups is 1. The van der Waals surface area contributed by atoms with Crippen LogP contribution in [0.25, 0.3) is 38.7 Å². The first-order valence-corrected chi connectivity index (χ1v) is 9.23. The predicted octanol–water partition coefficient (Wildman–Crippen LogP) is 5.31. The van der Waals surface area contributed by atoms with E-state index in [1.807, 2.05) is 71.2 Å². The second-order valence-corrected chi connectivity index (χ2v) is 7.07. The molecule has 6 heteroatoms. The third-order valence-corrected chi connectivity index (χ3v) is 4.94. The molecule has 136 valence electrons. The molecule has 0 bridgehead atoms. The van der Waals surface area contributed by atoms with Crippen molar-refractivity contribution >= 4 is 50.6 Å².